The van der Waals surface area contributed by atoms with Gasteiger partial charge in [0.25, 0.3) is 0 Å². The molecule has 3 aromatic rings. The van der Waals surface area contributed by atoms with Crippen molar-refractivity contribution in [3.05, 3.63) is 70.9 Å². The summed E-state index contributed by atoms with van der Waals surface area (Å²) in [4.78, 5) is 53.2. The second-order valence-electron chi connectivity index (χ2n) is 18.2. The molecule has 1 saturated carbocycles. The van der Waals surface area contributed by atoms with Gasteiger partial charge in [-0.3, -0.25) is 19.4 Å². The van der Waals surface area contributed by atoms with Gasteiger partial charge in [0.2, 0.25) is 5.60 Å². The number of nitrogens with one attached hydrogen (secondary N) is 1. The number of fused-ring (bicyclic) bond motifs is 6. The van der Waals surface area contributed by atoms with Crippen LogP contribution in [0.1, 0.15) is 75.3 Å². The zero-order valence-electron chi connectivity index (χ0n) is 35.3. The summed E-state index contributed by atoms with van der Waals surface area (Å²) in [5.41, 5.74) is -1.62. The van der Waals surface area contributed by atoms with Crippen LogP contribution in [0.4, 0.5) is 5.69 Å². The van der Waals surface area contributed by atoms with E-state index in [1.807, 2.05) is 50.1 Å². The zero-order valence-corrected chi connectivity index (χ0v) is 35.3. The van der Waals surface area contributed by atoms with Crippen LogP contribution >= 0.6 is 0 Å². The predicted molar refractivity (Wildman–Crippen MR) is 220 cm³/mol. The number of carbonyl (C=O) groups is 3. The molecule has 9 rings (SSSR count). The van der Waals surface area contributed by atoms with Crippen molar-refractivity contribution >= 4 is 34.5 Å². The minimum Gasteiger partial charge on any atom is -0.496 e. The lowest BCUT2D eigenvalue weighted by atomic mass is 9.47. The molecule has 6 heterocycles. The number of benzene rings is 2. The van der Waals surface area contributed by atoms with Gasteiger partial charge in [0.05, 0.1) is 33.0 Å². The molecule has 1 unspecified atom stereocenters. The molecule has 13 heteroatoms. The van der Waals surface area contributed by atoms with Crippen molar-refractivity contribution in [2.75, 3.05) is 66.0 Å². The molecule has 6 aliphatic rings. The Morgan fingerprint density at radius 3 is 2.41 bits per heavy atom. The minimum absolute atomic E-state index is 0.0986. The molecule has 10 atom stereocenters. The Hall–Kier alpha value is -4.43. The fourth-order valence-electron chi connectivity index (χ4n) is 13.5. The Balaban J connectivity index is 1.36. The SMILES string of the molecule is CC[C@]1(O)C[C@@H]2CN(CCc3c([nH]c4ccccc34)[C@@](C(=O)OC)(c3cc4c(cc3OC)N(C)[C@H]3[C@@](O)(C(=O)OC)[C@@H](OC(C)=O)[C@]5(CC)C=CCN6CC[C@]43[C@@H]65)C2)C1. The Morgan fingerprint density at radius 1 is 0.949 bits per heavy atom. The first-order valence-corrected chi connectivity index (χ1v) is 21.2. The molecule has 316 valence electrons. The minimum atomic E-state index is -2.30. The average molecular weight is 811 g/mol. The number of aromatic amines is 1. The Bertz CT molecular complexity index is 2260. The molecule has 3 fully saturated rings. The Kier molecular flexibility index (Phi) is 9.36. The van der Waals surface area contributed by atoms with Gasteiger partial charge >= 0.3 is 17.9 Å². The predicted octanol–water partition coefficient (Wildman–Crippen LogP) is 3.99. The lowest BCUT2D eigenvalue weighted by Crippen LogP contribution is -2.81. The molecule has 0 radical (unpaired) electrons. The topological polar surface area (TPSA) is 154 Å². The lowest BCUT2D eigenvalue weighted by Gasteiger charge is -2.63. The standard InChI is InChI=1S/C46H58N4O9/c1-8-42(54)23-28-24-45(40(52)57-6,36-30(15-19-49(25-28)26-42)29-13-10-11-14-33(29)47-36)32-21-31-34(22-35(32)56-5)48(4)38-44(31)17-20-50-18-12-16-43(9-2,37(44)50)39(59-27(3)51)46(38,55)41(53)58-7/h10-14,16,21-22,28,37-39,47,54-55H,8-9,15,17-20,23-26H2,1-7H3/t28-,37-,38+,39-,42-,43+,44+,45-,46-/m0/s1. The summed E-state index contributed by atoms with van der Waals surface area (Å²) >= 11 is 0. The number of carbonyl (C=O) groups excluding carboxylic acids is 3. The number of hydrogen-bond donors (Lipinski definition) is 3. The molecule has 1 aromatic heterocycles. The quantitative estimate of drug-likeness (QED) is 0.180. The van der Waals surface area contributed by atoms with E-state index in [0.717, 1.165) is 33.4 Å². The van der Waals surface area contributed by atoms with E-state index in [2.05, 4.69) is 39.1 Å². The number of methoxy groups -OCH3 is 3. The molecule has 1 aliphatic carbocycles. The highest BCUT2D eigenvalue weighted by molar-refractivity contribution is 5.95. The molecular weight excluding hydrogens is 753 g/mol. The van der Waals surface area contributed by atoms with Crippen molar-refractivity contribution in [2.24, 2.45) is 11.3 Å². The maximum absolute atomic E-state index is 15.3. The Labute approximate surface area is 345 Å². The highest BCUT2D eigenvalue weighted by Crippen LogP contribution is 2.68. The number of rotatable bonds is 7. The third kappa shape index (κ3) is 5.20. The van der Waals surface area contributed by atoms with Gasteiger partial charge in [0.1, 0.15) is 11.2 Å². The molecule has 2 bridgehead atoms. The number of aliphatic hydroxyl groups is 2. The number of anilines is 1. The summed E-state index contributed by atoms with van der Waals surface area (Å²) in [5, 5.41) is 26.3. The van der Waals surface area contributed by atoms with E-state index < -0.39 is 57.5 Å². The van der Waals surface area contributed by atoms with Gasteiger partial charge in [0, 0.05) is 90.9 Å². The van der Waals surface area contributed by atoms with Crippen LogP contribution in [0.15, 0.2) is 48.6 Å². The van der Waals surface area contributed by atoms with Gasteiger partial charge in [-0.25, -0.2) is 4.79 Å². The van der Waals surface area contributed by atoms with Crippen LogP contribution in [-0.2, 0) is 45.8 Å². The fourth-order valence-corrected chi connectivity index (χ4v) is 13.5. The number of likely N-dealkylation sites (N-methyl/N-ethyl adjacent to an activating group) is 1. The molecule has 5 aliphatic heterocycles. The number of nitrogens with zero attached hydrogens (tertiary/aromatic N) is 3. The maximum Gasteiger partial charge on any atom is 0.344 e. The molecule has 59 heavy (non-hydrogen) atoms. The van der Waals surface area contributed by atoms with Crippen LogP contribution in [0.25, 0.3) is 10.9 Å². The van der Waals surface area contributed by atoms with Gasteiger partial charge < -0.3 is 39.0 Å². The van der Waals surface area contributed by atoms with Gasteiger partial charge in [-0.1, -0.05) is 44.2 Å². The number of piperidine rings is 1. The van der Waals surface area contributed by atoms with Crippen LogP contribution in [0.2, 0.25) is 0 Å². The highest BCUT2D eigenvalue weighted by Gasteiger charge is 2.80. The smallest absolute Gasteiger partial charge is 0.344 e. The van der Waals surface area contributed by atoms with E-state index in [9.17, 15) is 19.8 Å². The van der Waals surface area contributed by atoms with Crippen molar-refractivity contribution < 1.29 is 43.5 Å². The van der Waals surface area contributed by atoms with Crippen molar-refractivity contribution in [3.63, 3.8) is 0 Å². The van der Waals surface area contributed by atoms with Gasteiger partial charge in [-0.05, 0) is 74.2 Å². The molecular formula is C46H58N4O9. The van der Waals surface area contributed by atoms with Crippen LogP contribution in [-0.4, -0.2) is 133 Å². The highest BCUT2D eigenvalue weighted by atomic mass is 16.6. The van der Waals surface area contributed by atoms with Crippen molar-refractivity contribution in [3.8, 4) is 5.75 Å². The van der Waals surface area contributed by atoms with E-state index >= 15 is 4.79 Å². The maximum atomic E-state index is 15.3. The zero-order chi connectivity index (χ0) is 41.9. The van der Waals surface area contributed by atoms with Crippen LogP contribution < -0.4 is 9.64 Å². The fraction of sp³-hybridized carbons (Fsp3) is 0.587. The number of para-hydroxylation sites is 1. The third-order valence-electron chi connectivity index (χ3n) is 15.6. The summed E-state index contributed by atoms with van der Waals surface area (Å²) in [5.74, 6) is -1.56. The van der Waals surface area contributed by atoms with Gasteiger partial charge in [0.15, 0.2) is 6.10 Å². The van der Waals surface area contributed by atoms with Crippen LogP contribution in [0, 0.1) is 11.3 Å². The van der Waals surface area contributed by atoms with Crippen molar-refractivity contribution in [1.29, 1.82) is 0 Å². The molecule has 3 N–H and O–H groups in total. The van der Waals surface area contributed by atoms with Gasteiger partial charge in [-0.2, -0.15) is 0 Å². The van der Waals surface area contributed by atoms with E-state index in [1.54, 1.807) is 7.11 Å². The van der Waals surface area contributed by atoms with E-state index in [0.29, 0.717) is 82.6 Å². The molecule has 1 spiro atoms. The number of esters is 3. The number of aromatic nitrogens is 1. The summed E-state index contributed by atoms with van der Waals surface area (Å²) < 4.78 is 23.9. The van der Waals surface area contributed by atoms with Crippen molar-refractivity contribution in [1.82, 2.24) is 14.8 Å². The molecule has 13 nitrogen and oxygen atoms in total. The largest absolute Gasteiger partial charge is 0.496 e. The number of hydrogen-bond acceptors (Lipinski definition) is 12. The first-order chi connectivity index (χ1) is 28.2. The first kappa shape index (κ1) is 40.0. The first-order valence-electron chi connectivity index (χ1n) is 21.2. The molecule has 2 aromatic carbocycles. The summed E-state index contributed by atoms with van der Waals surface area (Å²) in [7, 11) is 6.15. The molecule has 2 saturated heterocycles. The normalized spacial score (nSPS) is 37.0. The van der Waals surface area contributed by atoms with Crippen LogP contribution in [0.5, 0.6) is 5.75 Å². The monoisotopic (exact) mass is 810 g/mol. The second-order valence-corrected chi connectivity index (χ2v) is 18.2. The summed E-state index contributed by atoms with van der Waals surface area (Å²) in [6.07, 6.45) is 5.94. The van der Waals surface area contributed by atoms with E-state index in [-0.39, 0.29) is 12.0 Å². The second kappa shape index (κ2) is 13.8. The number of ether oxygens (including phenoxy) is 4. The average Bonchev–Trinajstić information content (AvgIpc) is 3.90. The van der Waals surface area contributed by atoms with Gasteiger partial charge in [-0.15, -0.1) is 0 Å². The number of H-pyrrole nitrogens is 1. The Morgan fingerprint density at radius 2 is 1.71 bits per heavy atom. The summed E-state index contributed by atoms with van der Waals surface area (Å²) in [6, 6.07) is 11.0. The lowest BCUT2D eigenvalue weighted by molar-refractivity contribution is -0.228. The van der Waals surface area contributed by atoms with Crippen molar-refractivity contribution in [2.45, 2.75) is 99.5 Å². The van der Waals surface area contributed by atoms with E-state index in [1.165, 1.54) is 21.1 Å². The molecule has 0 amide bonds. The van der Waals surface area contributed by atoms with Crippen LogP contribution in [0.3, 0.4) is 0 Å². The summed E-state index contributed by atoms with van der Waals surface area (Å²) in [6.45, 7) is 8.62. The van der Waals surface area contributed by atoms with E-state index in [4.69, 9.17) is 18.9 Å². The third-order valence-corrected chi connectivity index (χ3v) is 15.6.